The lowest BCUT2D eigenvalue weighted by molar-refractivity contribution is -0.113. The number of aromatic nitrogens is 4. The van der Waals surface area contributed by atoms with Gasteiger partial charge < -0.3 is 11.2 Å². The van der Waals surface area contributed by atoms with Crippen LogP contribution in [-0.2, 0) is 4.79 Å². The summed E-state index contributed by atoms with van der Waals surface area (Å²) < 4.78 is 1.38. The molecule has 1 amide bonds. The Balaban J connectivity index is 1.60. The van der Waals surface area contributed by atoms with Gasteiger partial charge in [0.25, 0.3) is 0 Å². The first-order valence-corrected chi connectivity index (χ1v) is 8.66. The van der Waals surface area contributed by atoms with Gasteiger partial charge in [-0.2, -0.15) is 0 Å². The number of nitrogen functional groups attached to an aromatic ring is 1. The second-order valence-corrected chi connectivity index (χ2v) is 6.68. The van der Waals surface area contributed by atoms with Crippen molar-refractivity contribution < 1.29 is 4.79 Å². The maximum Gasteiger partial charge on any atom is 0.236 e. The number of pyridine rings is 1. The van der Waals surface area contributed by atoms with Crippen molar-refractivity contribution in [2.45, 2.75) is 5.16 Å². The molecule has 0 radical (unpaired) electrons. The number of nitrogens with one attached hydrogen (secondary N) is 1. The van der Waals surface area contributed by atoms with Crippen LogP contribution in [0.4, 0.5) is 5.82 Å². The highest BCUT2D eigenvalue weighted by Crippen LogP contribution is 2.25. The average molecular weight is 367 g/mol. The quantitative estimate of drug-likeness (QED) is 0.531. The van der Waals surface area contributed by atoms with Crippen molar-refractivity contribution in [1.29, 1.82) is 0 Å². The Morgan fingerprint density at radius 3 is 2.96 bits per heavy atom. The van der Waals surface area contributed by atoms with Gasteiger partial charge in [0.1, 0.15) is 5.82 Å². The van der Waals surface area contributed by atoms with E-state index in [1.54, 1.807) is 12.1 Å². The maximum absolute atomic E-state index is 11.9. The highest BCUT2D eigenvalue weighted by atomic mass is 35.5. The summed E-state index contributed by atoms with van der Waals surface area (Å²) in [4.78, 5) is 16.8. The second-order valence-electron chi connectivity index (χ2n) is 4.35. The number of thiophene rings is 1. The molecular formula is C13H11ClN6OS2. The molecule has 0 saturated heterocycles. The molecule has 3 rings (SSSR count). The zero-order valence-electron chi connectivity index (χ0n) is 11.6. The van der Waals surface area contributed by atoms with Crippen LogP contribution >= 0.6 is 34.7 Å². The number of amides is 1. The van der Waals surface area contributed by atoms with Gasteiger partial charge in [-0.3, -0.25) is 4.79 Å². The molecule has 3 aromatic heterocycles. The Morgan fingerprint density at radius 2 is 2.26 bits per heavy atom. The monoisotopic (exact) mass is 366 g/mol. The van der Waals surface area contributed by atoms with Gasteiger partial charge in [-0.15, -0.1) is 21.5 Å². The molecule has 10 heteroatoms. The number of nitrogens with zero attached hydrogens (tertiary/aromatic N) is 4. The summed E-state index contributed by atoms with van der Waals surface area (Å²) in [5.41, 5.74) is 0. The molecule has 0 aromatic carbocycles. The van der Waals surface area contributed by atoms with Gasteiger partial charge in [-0.25, -0.2) is 9.66 Å². The van der Waals surface area contributed by atoms with E-state index in [4.69, 9.17) is 17.4 Å². The molecule has 23 heavy (non-hydrogen) atoms. The van der Waals surface area contributed by atoms with E-state index in [0.29, 0.717) is 21.8 Å². The van der Waals surface area contributed by atoms with E-state index < -0.39 is 0 Å². The second kappa shape index (κ2) is 6.99. The fourth-order valence-corrected chi connectivity index (χ4v) is 3.18. The molecule has 118 valence electrons. The van der Waals surface area contributed by atoms with Crippen LogP contribution in [0.2, 0.25) is 5.02 Å². The van der Waals surface area contributed by atoms with Gasteiger partial charge in [-0.1, -0.05) is 29.4 Å². The van der Waals surface area contributed by atoms with E-state index in [0.717, 1.165) is 4.88 Å². The van der Waals surface area contributed by atoms with Crippen molar-refractivity contribution in [3.8, 4) is 10.7 Å². The smallest absolute Gasteiger partial charge is 0.236 e. The van der Waals surface area contributed by atoms with Crippen LogP contribution in [-0.4, -0.2) is 31.5 Å². The highest BCUT2D eigenvalue weighted by Gasteiger charge is 2.14. The molecular weight excluding hydrogens is 356 g/mol. The largest absolute Gasteiger partial charge is 0.335 e. The summed E-state index contributed by atoms with van der Waals surface area (Å²) in [6.07, 6.45) is 1.47. The van der Waals surface area contributed by atoms with Gasteiger partial charge in [-0.05, 0) is 23.6 Å². The number of nitrogens with two attached hydrogens (primary N) is 1. The van der Waals surface area contributed by atoms with Crippen LogP contribution < -0.4 is 11.2 Å². The molecule has 0 aliphatic carbocycles. The first kappa shape index (κ1) is 15.8. The Kier molecular flexibility index (Phi) is 4.79. The molecule has 7 nitrogen and oxygen atoms in total. The molecule has 0 spiro atoms. The van der Waals surface area contributed by atoms with Crippen molar-refractivity contribution >= 4 is 46.4 Å². The zero-order chi connectivity index (χ0) is 16.2. The van der Waals surface area contributed by atoms with Crippen LogP contribution in [0.1, 0.15) is 0 Å². The number of hydrogen-bond donors (Lipinski definition) is 2. The van der Waals surface area contributed by atoms with E-state index >= 15 is 0 Å². The number of anilines is 1. The van der Waals surface area contributed by atoms with Gasteiger partial charge in [0, 0.05) is 6.20 Å². The molecule has 3 N–H and O–H groups in total. The van der Waals surface area contributed by atoms with Crippen LogP contribution in [0.5, 0.6) is 0 Å². The molecule has 0 saturated carbocycles. The number of rotatable bonds is 5. The first-order chi connectivity index (χ1) is 11.1. The number of carbonyl (C=O) groups excluding carboxylic acids is 1. The molecule has 0 atom stereocenters. The number of hydrogen-bond acceptors (Lipinski definition) is 7. The topological polar surface area (TPSA) is 98.7 Å². The molecule has 0 bridgehead atoms. The van der Waals surface area contributed by atoms with E-state index in [1.165, 1.54) is 34.0 Å². The first-order valence-electron chi connectivity index (χ1n) is 6.42. The molecule has 0 unspecified atom stereocenters. The minimum Gasteiger partial charge on any atom is -0.335 e. The Hall–Kier alpha value is -2.10. The third-order valence-corrected chi connectivity index (χ3v) is 4.77. The van der Waals surface area contributed by atoms with Gasteiger partial charge in [0.15, 0.2) is 5.82 Å². The number of thioether (sulfide) groups is 1. The maximum atomic E-state index is 11.9. The number of carbonyl (C=O) groups is 1. The van der Waals surface area contributed by atoms with Crippen molar-refractivity contribution in [3.05, 3.63) is 40.9 Å². The van der Waals surface area contributed by atoms with Crippen molar-refractivity contribution in [2.24, 2.45) is 0 Å². The molecule has 3 aromatic rings. The summed E-state index contributed by atoms with van der Waals surface area (Å²) in [6, 6.07) is 7.10. The SMILES string of the molecule is Nn1c(SCC(=O)Nc2ccc(Cl)cn2)nnc1-c1cccs1. The van der Waals surface area contributed by atoms with Crippen molar-refractivity contribution in [3.63, 3.8) is 0 Å². The Bertz CT molecular complexity index is 802. The van der Waals surface area contributed by atoms with Crippen molar-refractivity contribution in [2.75, 3.05) is 16.9 Å². The summed E-state index contributed by atoms with van der Waals surface area (Å²) >= 11 is 8.46. The van der Waals surface area contributed by atoms with Gasteiger partial charge >= 0.3 is 0 Å². The Morgan fingerprint density at radius 1 is 1.39 bits per heavy atom. The third kappa shape index (κ3) is 3.81. The fourth-order valence-electron chi connectivity index (χ4n) is 1.71. The number of halogens is 1. The van der Waals surface area contributed by atoms with E-state index in [-0.39, 0.29) is 11.7 Å². The third-order valence-electron chi connectivity index (χ3n) is 2.73. The van der Waals surface area contributed by atoms with Crippen molar-refractivity contribution in [1.82, 2.24) is 19.9 Å². The molecule has 0 fully saturated rings. The lowest BCUT2D eigenvalue weighted by Crippen LogP contribution is -2.16. The predicted octanol–water partition coefficient (Wildman–Crippen LogP) is 2.50. The van der Waals surface area contributed by atoms with E-state index in [9.17, 15) is 4.79 Å². The minimum atomic E-state index is -0.217. The standard InChI is InChI=1S/C13H11ClN6OS2/c14-8-3-4-10(16-6-8)17-11(21)7-23-13-19-18-12(20(13)15)9-2-1-5-22-9/h1-6H,7,15H2,(H,16,17,21). The lowest BCUT2D eigenvalue weighted by Gasteiger charge is -2.04. The summed E-state index contributed by atoms with van der Waals surface area (Å²) in [6.45, 7) is 0. The highest BCUT2D eigenvalue weighted by molar-refractivity contribution is 7.99. The Labute approximate surface area is 144 Å². The summed E-state index contributed by atoms with van der Waals surface area (Å²) in [7, 11) is 0. The summed E-state index contributed by atoms with van der Waals surface area (Å²) in [5, 5.41) is 13.6. The average Bonchev–Trinajstić information content (AvgIpc) is 3.17. The van der Waals surface area contributed by atoms with Crippen LogP contribution in [0, 0.1) is 0 Å². The van der Waals surface area contributed by atoms with Gasteiger partial charge in [0.2, 0.25) is 11.1 Å². The fraction of sp³-hybridized carbons (Fsp3) is 0.0769. The van der Waals surface area contributed by atoms with Crippen LogP contribution in [0.15, 0.2) is 41.0 Å². The minimum absolute atomic E-state index is 0.143. The van der Waals surface area contributed by atoms with Gasteiger partial charge in [0.05, 0.1) is 15.7 Å². The molecule has 0 aliphatic heterocycles. The lowest BCUT2D eigenvalue weighted by atomic mass is 10.4. The van der Waals surface area contributed by atoms with E-state index in [1.807, 2.05) is 17.5 Å². The van der Waals surface area contributed by atoms with E-state index in [2.05, 4.69) is 20.5 Å². The zero-order valence-corrected chi connectivity index (χ0v) is 14.0. The molecule has 3 heterocycles. The summed E-state index contributed by atoms with van der Waals surface area (Å²) in [5.74, 6) is 6.90. The van der Waals surface area contributed by atoms with Crippen LogP contribution in [0.25, 0.3) is 10.7 Å². The van der Waals surface area contributed by atoms with Crippen LogP contribution in [0.3, 0.4) is 0 Å². The predicted molar refractivity (Wildman–Crippen MR) is 92.1 cm³/mol. The molecule has 0 aliphatic rings. The normalized spacial score (nSPS) is 10.7.